The van der Waals surface area contributed by atoms with Gasteiger partial charge in [-0.2, -0.15) is 26.3 Å². The number of amides is 1. The van der Waals surface area contributed by atoms with Gasteiger partial charge in [0.05, 0.1) is 17.7 Å². The molecule has 0 aliphatic heterocycles. The third-order valence-electron chi connectivity index (χ3n) is 7.71. The zero-order chi connectivity index (χ0) is 33.9. The van der Waals surface area contributed by atoms with Gasteiger partial charge in [0.2, 0.25) is 0 Å². The van der Waals surface area contributed by atoms with Gasteiger partial charge in [-0.25, -0.2) is 0 Å². The van der Waals surface area contributed by atoms with Crippen molar-refractivity contribution in [2.75, 3.05) is 19.8 Å². The summed E-state index contributed by atoms with van der Waals surface area (Å²) in [4.78, 5) is 13.3. The number of aliphatic hydroxyl groups excluding tert-OH is 1. The van der Waals surface area contributed by atoms with Gasteiger partial charge < -0.3 is 15.2 Å². The Morgan fingerprint density at radius 3 is 1.72 bits per heavy atom. The van der Waals surface area contributed by atoms with Gasteiger partial charge in [0, 0.05) is 23.2 Å². The molecule has 0 saturated heterocycles. The molecule has 0 aliphatic rings. The first-order valence-electron chi connectivity index (χ1n) is 15.6. The largest absolute Gasteiger partial charge is 0.490 e. The standard InChI is InChI=1S/C37H37F6NO3/c38-36(39,40)30-17-10-15-27(22-30)32-24-29(35(46)44-19-9-4-2-1-3-6-12-26-13-7-5-8-14-26)25-33(34(32)47-21-20-45)28-16-11-18-31(23-28)37(41,42)43/h5,7-8,10-11,13-18,22-25,45H,1-4,6,9,12,19-21H2,(H,44,46). The monoisotopic (exact) mass is 657 g/mol. The van der Waals surface area contributed by atoms with Crippen LogP contribution in [0.2, 0.25) is 0 Å². The molecule has 1 amide bonds. The van der Waals surface area contributed by atoms with Crippen molar-refractivity contribution in [3.05, 3.63) is 113 Å². The molecule has 0 heterocycles. The zero-order valence-electron chi connectivity index (χ0n) is 25.8. The second-order valence-electron chi connectivity index (χ2n) is 11.2. The van der Waals surface area contributed by atoms with Crippen LogP contribution in [0.4, 0.5) is 26.3 Å². The molecule has 0 radical (unpaired) electrons. The number of hydrogen-bond donors (Lipinski definition) is 2. The number of nitrogens with one attached hydrogen (secondary N) is 1. The Labute approximate surface area is 270 Å². The van der Waals surface area contributed by atoms with Gasteiger partial charge in [-0.15, -0.1) is 0 Å². The van der Waals surface area contributed by atoms with Crippen LogP contribution in [-0.4, -0.2) is 30.8 Å². The molecule has 4 nitrogen and oxygen atoms in total. The van der Waals surface area contributed by atoms with Crippen molar-refractivity contribution in [3.8, 4) is 28.0 Å². The van der Waals surface area contributed by atoms with E-state index >= 15 is 0 Å². The molecule has 0 aliphatic carbocycles. The fourth-order valence-corrected chi connectivity index (χ4v) is 5.33. The first kappa shape index (κ1) is 35.5. The molecule has 4 rings (SSSR count). The Kier molecular flexibility index (Phi) is 12.5. The molecule has 0 bridgehead atoms. The molecule has 10 heteroatoms. The van der Waals surface area contributed by atoms with E-state index < -0.39 is 36.0 Å². The molecular formula is C37H37F6NO3. The van der Waals surface area contributed by atoms with E-state index in [1.807, 2.05) is 18.2 Å². The Bertz CT molecular complexity index is 1520. The Morgan fingerprint density at radius 1 is 0.660 bits per heavy atom. The third-order valence-corrected chi connectivity index (χ3v) is 7.71. The van der Waals surface area contributed by atoms with E-state index in [1.54, 1.807) is 0 Å². The summed E-state index contributed by atoms with van der Waals surface area (Å²) >= 11 is 0. The van der Waals surface area contributed by atoms with Crippen LogP contribution in [0.1, 0.15) is 65.6 Å². The van der Waals surface area contributed by atoms with Gasteiger partial charge in [-0.05, 0) is 72.4 Å². The number of carbonyl (C=O) groups is 1. The lowest BCUT2D eigenvalue weighted by Crippen LogP contribution is -2.24. The molecule has 0 spiro atoms. The molecule has 0 saturated carbocycles. The van der Waals surface area contributed by atoms with E-state index in [0.29, 0.717) is 13.0 Å². The SMILES string of the molecule is O=C(NCCCCCCCCc1ccccc1)c1cc(-c2cccc(C(F)(F)F)c2)c(OCCO)c(-c2cccc(C(F)(F)F)c2)c1. The molecule has 250 valence electrons. The summed E-state index contributed by atoms with van der Waals surface area (Å²) in [7, 11) is 0. The number of ether oxygens (including phenoxy) is 1. The minimum atomic E-state index is -4.66. The summed E-state index contributed by atoms with van der Waals surface area (Å²) in [5.74, 6) is -0.579. The summed E-state index contributed by atoms with van der Waals surface area (Å²) in [6, 6.07) is 21.8. The number of hydrogen-bond acceptors (Lipinski definition) is 3. The number of aliphatic hydroxyl groups is 1. The first-order chi connectivity index (χ1) is 22.5. The van der Waals surface area contributed by atoms with Crippen LogP contribution in [0.3, 0.4) is 0 Å². The maximum atomic E-state index is 13.6. The fraction of sp³-hybridized carbons (Fsp3) is 0.324. The topological polar surface area (TPSA) is 58.6 Å². The number of unbranched alkanes of at least 4 members (excludes halogenated alkanes) is 5. The van der Waals surface area contributed by atoms with Crippen molar-refractivity contribution < 1.29 is 41.0 Å². The number of rotatable bonds is 15. The highest BCUT2D eigenvalue weighted by atomic mass is 19.4. The van der Waals surface area contributed by atoms with Crippen LogP contribution in [0, 0.1) is 0 Å². The Morgan fingerprint density at radius 2 is 1.19 bits per heavy atom. The number of halogens is 6. The Balaban J connectivity index is 1.55. The number of carbonyl (C=O) groups excluding carboxylic acids is 1. The highest BCUT2D eigenvalue weighted by Gasteiger charge is 2.32. The van der Waals surface area contributed by atoms with Crippen molar-refractivity contribution in [2.45, 2.75) is 57.3 Å². The first-order valence-corrected chi connectivity index (χ1v) is 15.6. The molecule has 2 N–H and O–H groups in total. The van der Waals surface area contributed by atoms with Crippen LogP contribution < -0.4 is 10.1 Å². The van der Waals surface area contributed by atoms with Crippen molar-refractivity contribution in [3.63, 3.8) is 0 Å². The number of aryl methyl sites for hydroxylation is 1. The van der Waals surface area contributed by atoms with E-state index in [2.05, 4.69) is 17.4 Å². The molecule has 4 aromatic rings. The third kappa shape index (κ3) is 10.3. The van der Waals surface area contributed by atoms with Crippen molar-refractivity contribution in [2.24, 2.45) is 0 Å². The van der Waals surface area contributed by atoms with E-state index in [9.17, 15) is 36.2 Å². The smallest absolute Gasteiger partial charge is 0.416 e. The van der Waals surface area contributed by atoms with Crippen LogP contribution >= 0.6 is 0 Å². The number of alkyl halides is 6. The minimum Gasteiger partial charge on any atom is -0.490 e. The van der Waals surface area contributed by atoms with Gasteiger partial charge in [0.25, 0.3) is 5.91 Å². The molecule has 4 aromatic carbocycles. The lowest BCUT2D eigenvalue weighted by molar-refractivity contribution is -0.138. The lowest BCUT2D eigenvalue weighted by Gasteiger charge is -2.19. The van der Waals surface area contributed by atoms with E-state index in [4.69, 9.17) is 4.74 Å². The predicted octanol–water partition coefficient (Wildman–Crippen LogP) is 9.74. The summed E-state index contributed by atoms with van der Waals surface area (Å²) in [5.41, 5.74) is -0.305. The quantitative estimate of drug-likeness (QED) is 0.0989. The second-order valence-corrected chi connectivity index (χ2v) is 11.2. The molecule has 47 heavy (non-hydrogen) atoms. The van der Waals surface area contributed by atoms with E-state index in [0.717, 1.165) is 62.8 Å². The Hall–Kier alpha value is -4.31. The number of benzene rings is 4. The van der Waals surface area contributed by atoms with Crippen LogP contribution in [0.25, 0.3) is 22.3 Å². The molecule has 0 aromatic heterocycles. The second kappa shape index (κ2) is 16.5. The summed E-state index contributed by atoms with van der Waals surface area (Å²) in [5, 5.41) is 12.3. The van der Waals surface area contributed by atoms with Crippen molar-refractivity contribution in [1.29, 1.82) is 0 Å². The highest BCUT2D eigenvalue weighted by Crippen LogP contribution is 2.43. The van der Waals surface area contributed by atoms with Crippen molar-refractivity contribution >= 4 is 5.91 Å². The van der Waals surface area contributed by atoms with Gasteiger partial charge in [-0.1, -0.05) is 80.3 Å². The average molecular weight is 658 g/mol. The summed E-state index contributed by atoms with van der Waals surface area (Å²) in [6.07, 6.45) is -2.42. The van der Waals surface area contributed by atoms with Gasteiger partial charge >= 0.3 is 12.4 Å². The maximum absolute atomic E-state index is 13.6. The van der Waals surface area contributed by atoms with Crippen LogP contribution in [0.15, 0.2) is 91.0 Å². The lowest BCUT2D eigenvalue weighted by atomic mass is 9.92. The summed E-state index contributed by atoms with van der Waals surface area (Å²) in [6.45, 7) is -0.390. The maximum Gasteiger partial charge on any atom is 0.416 e. The van der Waals surface area contributed by atoms with Gasteiger partial charge in [0.1, 0.15) is 12.4 Å². The molecular weight excluding hydrogens is 620 g/mol. The van der Waals surface area contributed by atoms with E-state index in [1.165, 1.54) is 42.0 Å². The zero-order valence-corrected chi connectivity index (χ0v) is 25.8. The molecule has 0 unspecified atom stereocenters. The van der Waals surface area contributed by atoms with Crippen LogP contribution in [-0.2, 0) is 18.8 Å². The predicted molar refractivity (Wildman–Crippen MR) is 170 cm³/mol. The normalized spacial score (nSPS) is 11.8. The van der Waals surface area contributed by atoms with Crippen molar-refractivity contribution in [1.82, 2.24) is 5.32 Å². The van der Waals surface area contributed by atoms with Crippen LogP contribution in [0.5, 0.6) is 5.75 Å². The molecule has 0 fully saturated rings. The fourth-order valence-electron chi connectivity index (χ4n) is 5.33. The summed E-state index contributed by atoms with van der Waals surface area (Å²) < 4.78 is 87.5. The van der Waals surface area contributed by atoms with Gasteiger partial charge in [-0.3, -0.25) is 4.79 Å². The minimum absolute atomic E-state index is 0.0436. The average Bonchev–Trinajstić information content (AvgIpc) is 3.06. The molecule has 0 atom stereocenters. The van der Waals surface area contributed by atoms with E-state index in [-0.39, 0.29) is 40.2 Å². The van der Waals surface area contributed by atoms with Gasteiger partial charge in [0.15, 0.2) is 0 Å². The highest BCUT2D eigenvalue weighted by molar-refractivity contribution is 5.99.